The van der Waals surface area contributed by atoms with Crippen LogP contribution in [0.5, 0.6) is 0 Å². The van der Waals surface area contributed by atoms with Crippen molar-refractivity contribution in [3.8, 4) is 5.69 Å². The Hall–Kier alpha value is -3.00. The Morgan fingerprint density at radius 3 is 2.72 bits per heavy atom. The van der Waals surface area contributed by atoms with Gasteiger partial charge in [-0.25, -0.2) is 4.39 Å². The number of hydrogen-bond acceptors (Lipinski definition) is 4. The molecule has 0 aliphatic carbocycles. The Morgan fingerprint density at radius 2 is 1.96 bits per heavy atom. The van der Waals surface area contributed by atoms with Gasteiger partial charge >= 0.3 is 0 Å². The highest BCUT2D eigenvalue weighted by Gasteiger charge is 2.14. The molecule has 128 valence electrons. The average molecular weight is 357 g/mol. The largest absolute Gasteiger partial charge is 0.296 e. The number of aromatic amines is 1. The van der Waals surface area contributed by atoms with E-state index in [0.717, 1.165) is 11.3 Å². The van der Waals surface area contributed by atoms with Gasteiger partial charge in [-0.05, 0) is 42.9 Å². The third kappa shape index (κ3) is 3.74. The molecule has 0 saturated heterocycles. The first kappa shape index (κ1) is 16.8. The maximum atomic E-state index is 13.6. The van der Waals surface area contributed by atoms with Crippen LogP contribution in [0.2, 0.25) is 0 Å². The van der Waals surface area contributed by atoms with Gasteiger partial charge in [0, 0.05) is 0 Å². The monoisotopic (exact) mass is 357 g/mol. The van der Waals surface area contributed by atoms with E-state index in [1.165, 1.54) is 12.1 Å². The first-order chi connectivity index (χ1) is 12.1. The smallest absolute Gasteiger partial charge is 0.245 e. The van der Waals surface area contributed by atoms with Gasteiger partial charge in [-0.1, -0.05) is 30.3 Å². The highest BCUT2D eigenvalue weighted by Crippen LogP contribution is 2.16. The molecule has 6 nitrogen and oxygen atoms in total. The van der Waals surface area contributed by atoms with E-state index in [1.807, 2.05) is 31.2 Å². The number of hydrazine groups is 1. The van der Waals surface area contributed by atoms with Crippen molar-refractivity contribution in [2.75, 3.05) is 5.43 Å². The van der Waals surface area contributed by atoms with E-state index in [1.54, 1.807) is 16.7 Å². The number of nitrogens with zero attached hydrogens (tertiary/aromatic N) is 2. The summed E-state index contributed by atoms with van der Waals surface area (Å²) in [4.78, 5) is 12.2. The Morgan fingerprint density at radius 1 is 1.24 bits per heavy atom. The molecule has 2 aromatic carbocycles. The summed E-state index contributed by atoms with van der Waals surface area (Å²) >= 11 is 5.27. The van der Waals surface area contributed by atoms with Crippen molar-refractivity contribution in [2.24, 2.45) is 0 Å². The summed E-state index contributed by atoms with van der Waals surface area (Å²) in [5, 5.41) is 6.84. The summed E-state index contributed by atoms with van der Waals surface area (Å²) < 4.78 is 15.7. The van der Waals surface area contributed by atoms with Crippen molar-refractivity contribution in [3.63, 3.8) is 0 Å². The van der Waals surface area contributed by atoms with Crippen LogP contribution in [0.4, 0.5) is 10.1 Å². The molecule has 8 heteroatoms. The summed E-state index contributed by atoms with van der Waals surface area (Å²) in [5.41, 5.74) is 7.07. The van der Waals surface area contributed by atoms with Crippen LogP contribution in [0.25, 0.3) is 5.69 Å². The summed E-state index contributed by atoms with van der Waals surface area (Å²) in [6, 6.07) is 13.7. The van der Waals surface area contributed by atoms with E-state index in [9.17, 15) is 9.18 Å². The van der Waals surface area contributed by atoms with Crippen LogP contribution in [0.3, 0.4) is 0 Å². The topological polar surface area (TPSA) is 74.7 Å². The van der Waals surface area contributed by atoms with Gasteiger partial charge in [0.2, 0.25) is 5.91 Å². The zero-order valence-corrected chi connectivity index (χ0v) is 14.2. The normalized spacial score (nSPS) is 10.5. The molecule has 1 amide bonds. The van der Waals surface area contributed by atoms with Crippen molar-refractivity contribution < 1.29 is 9.18 Å². The number of anilines is 1. The lowest BCUT2D eigenvalue weighted by Crippen LogP contribution is -2.32. The number of aromatic nitrogens is 3. The third-order valence-electron chi connectivity index (χ3n) is 3.63. The van der Waals surface area contributed by atoms with Crippen LogP contribution in [0.15, 0.2) is 48.5 Å². The summed E-state index contributed by atoms with van der Waals surface area (Å²) in [7, 11) is 0. The Labute approximate surface area is 148 Å². The molecule has 25 heavy (non-hydrogen) atoms. The first-order valence-electron chi connectivity index (χ1n) is 7.58. The summed E-state index contributed by atoms with van der Waals surface area (Å²) in [6.07, 6.45) is -0.0249. The number of carbonyl (C=O) groups is 1. The van der Waals surface area contributed by atoms with Gasteiger partial charge in [0.25, 0.3) is 0 Å². The number of halogens is 1. The van der Waals surface area contributed by atoms with Gasteiger partial charge in [-0.2, -0.15) is 5.10 Å². The maximum Gasteiger partial charge on any atom is 0.245 e. The van der Waals surface area contributed by atoms with E-state index in [0.29, 0.717) is 10.6 Å². The van der Waals surface area contributed by atoms with E-state index in [2.05, 4.69) is 21.0 Å². The van der Waals surface area contributed by atoms with Crippen LogP contribution in [-0.2, 0) is 11.2 Å². The molecule has 0 radical (unpaired) electrons. The molecule has 1 aromatic heterocycles. The van der Waals surface area contributed by atoms with Gasteiger partial charge < -0.3 is 0 Å². The molecular weight excluding hydrogens is 341 g/mol. The fraction of sp³-hybridized carbons (Fsp3) is 0.118. The molecule has 3 rings (SSSR count). The summed E-state index contributed by atoms with van der Waals surface area (Å²) in [6.45, 7) is 1.95. The van der Waals surface area contributed by atoms with Crippen LogP contribution < -0.4 is 10.9 Å². The molecular formula is C17H16FN5OS. The van der Waals surface area contributed by atoms with Gasteiger partial charge in [-0.3, -0.25) is 25.3 Å². The van der Waals surface area contributed by atoms with Gasteiger partial charge in [0.15, 0.2) is 4.77 Å². The molecule has 3 aromatic rings. The molecule has 0 atom stereocenters. The van der Waals surface area contributed by atoms with Crippen LogP contribution in [0, 0.1) is 17.5 Å². The van der Waals surface area contributed by atoms with E-state index in [-0.39, 0.29) is 18.0 Å². The van der Waals surface area contributed by atoms with E-state index >= 15 is 0 Å². The predicted molar refractivity (Wildman–Crippen MR) is 95.4 cm³/mol. The van der Waals surface area contributed by atoms with Crippen molar-refractivity contribution >= 4 is 23.8 Å². The molecule has 1 heterocycles. The minimum Gasteiger partial charge on any atom is -0.296 e. The lowest BCUT2D eigenvalue weighted by molar-refractivity contribution is -0.120. The number of hydrogen-bond donors (Lipinski definition) is 3. The van der Waals surface area contributed by atoms with Crippen molar-refractivity contribution in [1.82, 2.24) is 20.2 Å². The van der Waals surface area contributed by atoms with Crippen LogP contribution in [0.1, 0.15) is 11.4 Å². The molecule has 0 unspecified atom stereocenters. The molecule has 0 spiro atoms. The Kier molecular flexibility index (Phi) is 4.90. The van der Waals surface area contributed by atoms with Gasteiger partial charge in [-0.15, -0.1) is 0 Å². The average Bonchev–Trinajstić information content (AvgIpc) is 2.95. The SMILES string of the molecule is Cc1ccccc1-n1c(CC(=O)NNc2ccccc2F)n[nH]c1=S. The van der Waals surface area contributed by atoms with Crippen LogP contribution >= 0.6 is 12.2 Å². The second-order valence-corrected chi connectivity index (χ2v) is 5.78. The Balaban J connectivity index is 1.76. The highest BCUT2D eigenvalue weighted by molar-refractivity contribution is 7.71. The fourth-order valence-corrected chi connectivity index (χ4v) is 2.65. The number of amides is 1. The predicted octanol–water partition coefficient (Wildman–Crippen LogP) is 3.06. The lowest BCUT2D eigenvalue weighted by atomic mass is 10.2. The number of H-pyrrole nitrogens is 1. The maximum absolute atomic E-state index is 13.6. The number of benzene rings is 2. The van der Waals surface area contributed by atoms with Gasteiger partial charge in [0.05, 0.1) is 17.8 Å². The minimum absolute atomic E-state index is 0.0249. The molecule has 0 saturated carbocycles. The highest BCUT2D eigenvalue weighted by atomic mass is 32.1. The Bertz CT molecular complexity index is 965. The molecule has 0 aliphatic rings. The van der Waals surface area contributed by atoms with Gasteiger partial charge in [0.1, 0.15) is 11.6 Å². The van der Waals surface area contributed by atoms with Crippen LogP contribution in [-0.4, -0.2) is 20.7 Å². The quantitative estimate of drug-likeness (QED) is 0.485. The third-order valence-corrected chi connectivity index (χ3v) is 3.90. The second-order valence-electron chi connectivity index (χ2n) is 5.40. The molecule has 0 aliphatic heterocycles. The second kappa shape index (κ2) is 7.27. The number of nitrogens with one attached hydrogen (secondary N) is 3. The first-order valence-corrected chi connectivity index (χ1v) is 7.99. The molecule has 0 bridgehead atoms. The number of rotatable bonds is 5. The summed E-state index contributed by atoms with van der Waals surface area (Å²) in [5.74, 6) is -0.357. The zero-order chi connectivity index (χ0) is 17.8. The van der Waals surface area contributed by atoms with Crippen molar-refractivity contribution in [3.05, 3.63) is 70.5 Å². The zero-order valence-electron chi connectivity index (χ0n) is 13.4. The molecule has 0 fully saturated rings. The number of carbonyl (C=O) groups excluding carboxylic acids is 1. The number of aryl methyl sites for hydroxylation is 1. The van der Waals surface area contributed by atoms with E-state index in [4.69, 9.17) is 12.2 Å². The lowest BCUT2D eigenvalue weighted by Gasteiger charge is -2.11. The van der Waals surface area contributed by atoms with E-state index < -0.39 is 5.82 Å². The van der Waals surface area contributed by atoms with Crippen molar-refractivity contribution in [1.29, 1.82) is 0 Å². The molecule has 3 N–H and O–H groups in total. The number of para-hydroxylation sites is 2. The standard InChI is InChI=1S/C17H16FN5OS/c1-11-6-2-5-9-14(11)23-15(20-22-17(23)25)10-16(24)21-19-13-8-4-3-7-12(13)18/h2-9,19H,10H2,1H3,(H,21,24)(H,22,25). The fourth-order valence-electron chi connectivity index (χ4n) is 2.40. The minimum atomic E-state index is -0.453. The van der Waals surface area contributed by atoms with Crippen molar-refractivity contribution in [2.45, 2.75) is 13.3 Å².